The summed E-state index contributed by atoms with van der Waals surface area (Å²) in [4.78, 5) is 14.7. The molecule has 0 aromatic carbocycles. The van der Waals surface area contributed by atoms with Crippen LogP contribution in [0, 0.1) is 0 Å². The second kappa shape index (κ2) is 5.90. The van der Waals surface area contributed by atoms with Gasteiger partial charge in [0.15, 0.2) is 6.61 Å². The number of nitrogens with zero attached hydrogens (tertiary/aromatic N) is 1. The van der Waals surface area contributed by atoms with Crippen molar-refractivity contribution in [2.45, 2.75) is 19.8 Å². The lowest BCUT2D eigenvalue weighted by atomic mass is 10.3. The standard InChI is InChI=1S/C12H13NO5/c1-9(14)17-7-10-2-3-11(6-13-10)18-8-12-15-4-5-16-12/h2-6,12H,7-8H2,1H3. The van der Waals surface area contributed by atoms with Gasteiger partial charge in [-0.3, -0.25) is 9.78 Å². The summed E-state index contributed by atoms with van der Waals surface area (Å²) in [5.74, 6) is 0.265. The van der Waals surface area contributed by atoms with E-state index in [2.05, 4.69) is 4.98 Å². The normalized spacial score (nSPS) is 13.8. The quantitative estimate of drug-likeness (QED) is 0.736. The van der Waals surface area contributed by atoms with E-state index in [4.69, 9.17) is 18.9 Å². The molecule has 0 spiro atoms. The van der Waals surface area contributed by atoms with Gasteiger partial charge >= 0.3 is 5.97 Å². The van der Waals surface area contributed by atoms with Gasteiger partial charge in [0.2, 0.25) is 0 Å². The average molecular weight is 251 g/mol. The van der Waals surface area contributed by atoms with Crippen LogP contribution in [0.2, 0.25) is 0 Å². The second-order valence-corrected chi connectivity index (χ2v) is 3.55. The van der Waals surface area contributed by atoms with Gasteiger partial charge < -0.3 is 18.9 Å². The largest absolute Gasteiger partial charge is 0.484 e. The summed E-state index contributed by atoms with van der Waals surface area (Å²) >= 11 is 0. The van der Waals surface area contributed by atoms with Crippen LogP contribution in [0.25, 0.3) is 0 Å². The number of pyridine rings is 1. The second-order valence-electron chi connectivity index (χ2n) is 3.55. The van der Waals surface area contributed by atoms with Crippen LogP contribution in [0.1, 0.15) is 12.6 Å². The van der Waals surface area contributed by atoms with Gasteiger partial charge in [-0.05, 0) is 12.1 Å². The van der Waals surface area contributed by atoms with E-state index in [1.54, 1.807) is 18.3 Å². The van der Waals surface area contributed by atoms with E-state index >= 15 is 0 Å². The van der Waals surface area contributed by atoms with Crippen molar-refractivity contribution in [3.05, 3.63) is 36.5 Å². The van der Waals surface area contributed by atoms with Crippen LogP contribution in [0.3, 0.4) is 0 Å². The van der Waals surface area contributed by atoms with Gasteiger partial charge in [-0.25, -0.2) is 0 Å². The summed E-state index contributed by atoms with van der Waals surface area (Å²) in [7, 11) is 0. The monoisotopic (exact) mass is 251 g/mol. The first kappa shape index (κ1) is 12.2. The number of carbonyl (C=O) groups is 1. The van der Waals surface area contributed by atoms with Gasteiger partial charge in [0.05, 0.1) is 11.9 Å². The molecule has 0 radical (unpaired) electrons. The van der Waals surface area contributed by atoms with E-state index in [0.29, 0.717) is 11.4 Å². The molecule has 1 aliphatic heterocycles. The molecule has 0 fully saturated rings. The van der Waals surface area contributed by atoms with Crippen molar-refractivity contribution < 1.29 is 23.7 Å². The minimum Gasteiger partial charge on any atom is -0.484 e. The molecule has 2 heterocycles. The molecule has 0 atom stereocenters. The highest BCUT2D eigenvalue weighted by molar-refractivity contribution is 5.65. The zero-order chi connectivity index (χ0) is 12.8. The van der Waals surface area contributed by atoms with Crippen LogP contribution in [-0.2, 0) is 25.6 Å². The lowest BCUT2D eigenvalue weighted by Gasteiger charge is -2.11. The fourth-order valence-electron chi connectivity index (χ4n) is 1.27. The average Bonchev–Trinajstić information content (AvgIpc) is 2.88. The lowest BCUT2D eigenvalue weighted by Crippen LogP contribution is -2.18. The molecule has 0 amide bonds. The number of ether oxygens (including phenoxy) is 4. The van der Waals surface area contributed by atoms with Crippen LogP contribution in [0.5, 0.6) is 5.75 Å². The Hall–Kier alpha value is -2.24. The highest BCUT2D eigenvalue weighted by Crippen LogP contribution is 2.12. The minimum atomic E-state index is -0.411. The number of esters is 1. The number of aromatic nitrogens is 1. The molecule has 2 rings (SSSR count). The molecular weight excluding hydrogens is 238 g/mol. The first-order chi connectivity index (χ1) is 8.74. The Morgan fingerprint density at radius 2 is 2.17 bits per heavy atom. The van der Waals surface area contributed by atoms with E-state index in [0.717, 1.165) is 0 Å². The molecule has 0 unspecified atom stereocenters. The Morgan fingerprint density at radius 1 is 1.39 bits per heavy atom. The number of carbonyl (C=O) groups excluding carboxylic acids is 1. The number of hydrogen-bond acceptors (Lipinski definition) is 6. The van der Waals surface area contributed by atoms with E-state index in [1.165, 1.54) is 19.4 Å². The minimum absolute atomic E-state index is 0.161. The van der Waals surface area contributed by atoms with Crippen LogP contribution in [0.15, 0.2) is 30.9 Å². The van der Waals surface area contributed by atoms with Gasteiger partial charge in [0.1, 0.15) is 24.9 Å². The zero-order valence-electron chi connectivity index (χ0n) is 9.87. The molecule has 6 heteroatoms. The summed E-state index contributed by atoms with van der Waals surface area (Å²) in [6.45, 7) is 1.79. The maximum Gasteiger partial charge on any atom is 0.303 e. The molecular formula is C12H13NO5. The summed E-state index contributed by atoms with van der Waals surface area (Å²) in [6.07, 6.45) is 4.08. The summed E-state index contributed by atoms with van der Waals surface area (Å²) in [5, 5.41) is 0. The van der Waals surface area contributed by atoms with E-state index in [1.807, 2.05) is 0 Å². The molecule has 96 valence electrons. The summed E-state index contributed by atoms with van der Waals surface area (Å²) < 4.78 is 20.3. The molecule has 6 nitrogen and oxygen atoms in total. The van der Waals surface area contributed by atoms with Crippen LogP contribution < -0.4 is 4.74 Å². The third kappa shape index (κ3) is 3.65. The van der Waals surface area contributed by atoms with Gasteiger partial charge in [-0.2, -0.15) is 0 Å². The van der Waals surface area contributed by atoms with Crippen LogP contribution >= 0.6 is 0 Å². The smallest absolute Gasteiger partial charge is 0.303 e. The fourth-order valence-corrected chi connectivity index (χ4v) is 1.27. The third-order valence-electron chi connectivity index (χ3n) is 2.12. The van der Waals surface area contributed by atoms with E-state index in [-0.39, 0.29) is 19.2 Å². The van der Waals surface area contributed by atoms with Crippen molar-refractivity contribution in [1.82, 2.24) is 4.98 Å². The molecule has 18 heavy (non-hydrogen) atoms. The topological polar surface area (TPSA) is 66.9 Å². The highest BCUT2D eigenvalue weighted by Gasteiger charge is 2.12. The molecule has 1 aliphatic rings. The molecule has 0 bridgehead atoms. The Kier molecular flexibility index (Phi) is 4.01. The Labute approximate surface area is 104 Å². The first-order valence-corrected chi connectivity index (χ1v) is 5.41. The zero-order valence-corrected chi connectivity index (χ0v) is 9.87. The summed E-state index contributed by atoms with van der Waals surface area (Å²) in [6, 6.07) is 3.47. The Bertz CT molecular complexity index is 421. The Balaban J connectivity index is 1.77. The Morgan fingerprint density at radius 3 is 2.78 bits per heavy atom. The molecule has 0 saturated carbocycles. The molecule has 0 aliphatic carbocycles. The van der Waals surface area contributed by atoms with Gasteiger partial charge in [-0.1, -0.05) is 0 Å². The lowest BCUT2D eigenvalue weighted by molar-refractivity contribution is -0.142. The molecule has 0 N–H and O–H groups in total. The summed E-state index contributed by atoms with van der Waals surface area (Å²) in [5.41, 5.74) is 0.660. The van der Waals surface area contributed by atoms with Crippen LogP contribution in [-0.4, -0.2) is 23.9 Å². The van der Waals surface area contributed by atoms with Crippen molar-refractivity contribution in [1.29, 1.82) is 0 Å². The van der Waals surface area contributed by atoms with E-state index in [9.17, 15) is 4.79 Å². The molecule has 1 aromatic rings. The molecule has 0 saturated heterocycles. The third-order valence-corrected chi connectivity index (χ3v) is 2.12. The number of hydrogen-bond donors (Lipinski definition) is 0. The number of rotatable bonds is 5. The van der Waals surface area contributed by atoms with Gasteiger partial charge in [0.25, 0.3) is 6.29 Å². The van der Waals surface area contributed by atoms with Crippen LogP contribution in [0.4, 0.5) is 0 Å². The molecule has 1 aromatic heterocycles. The predicted molar refractivity (Wildman–Crippen MR) is 60.3 cm³/mol. The van der Waals surface area contributed by atoms with Gasteiger partial charge in [-0.15, -0.1) is 0 Å². The fraction of sp³-hybridized carbons (Fsp3) is 0.333. The van der Waals surface area contributed by atoms with Crippen molar-refractivity contribution in [2.24, 2.45) is 0 Å². The highest BCUT2D eigenvalue weighted by atomic mass is 16.7. The van der Waals surface area contributed by atoms with Crippen molar-refractivity contribution in [3.8, 4) is 5.75 Å². The maximum absolute atomic E-state index is 10.6. The maximum atomic E-state index is 10.6. The van der Waals surface area contributed by atoms with Crippen molar-refractivity contribution >= 4 is 5.97 Å². The predicted octanol–water partition coefficient (Wildman–Crippen LogP) is 1.37. The van der Waals surface area contributed by atoms with Crippen molar-refractivity contribution in [2.75, 3.05) is 6.61 Å². The van der Waals surface area contributed by atoms with Crippen molar-refractivity contribution in [3.63, 3.8) is 0 Å². The van der Waals surface area contributed by atoms with E-state index < -0.39 is 6.29 Å². The van der Waals surface area contributed by atoms with Gasteiger partial charge in [0, 0.05) is 6.92 Å². The first-order valence-electron chi connectivity index (χ1n) is 5.41. The SMILES string of the molecule is CC(=O)OCc1ccc(OCC2OC=CO2)cn1.